The van der Waals surface area contributed by atoms with Crippen molar-refractivity contribution in [2.75, 3.05) is 12.4 Å². The van der Waals surface area contributed by atoms with Crippen molar-refractivity contribution < 1.29 is 23.8 Å². The van der Waals surface area contributed by atoms with Gasteiger partial charge in [-0.05, 0) is 41.8 Å². The van der Waals surface area contributed by atoms with Gasteiger partial charge in [0.2, 0.25) is 5.91 Å². The first kappa shape index (κ1) is 18.4. The minimum absolute atomic E-state index is 0.0804. The van der Waals surface area contributed by atoms with E-state index in [-0.39, 0.29) is 17.4 Å². The first-order valence-corrected chi connectivity index (χ1v) is 7.83. The molecule has 0 aromatic heterocycles. The molecule has 1 unspecified atom stereocenters. The summed E-state index contributed by atoms with van der Waals surface area (Å²) in [6.45, 7) is 1.79. The number of amides is 1. The maximum absolute atomic E-state index is 13.9. The van der Waals surface area contributed by atoms with E-state index in [1.54, 1.807) is 14.0 Å². The largest absolute Gasteiger partial charge is 0.497 e. The second-order valence-electron chi connectivity index (χ2n) is 5.82. The molecule has 5 nitrogen and oxygen atoms in total. The predicted octanol–water partition coefficient (Wildman–Crippen LogP) is 3.28. The summed E-state index contributed by atoms with van der Waals surface area (Å²) in [5.41, 5.74) is 1.38. The molecular formula is C19H20FNO4. The van der Waals surface area contributed by atoms with Gasteiger partial charge in [0.25, 0.3) is 0 Å². The normalized spacial score (nSPS) is 11.6. The van der Waals surface area contributed by atoms with Crippen LogP contribution in [0.2, 0.25) is 0 Å². The number of ether oxygens (including phenoxy) is 1. The molecule has 0 heterocycles. The number of aliphatic carboxylic acids is 1. The maximum atomic E-state index is 13.9. The lowest BCUT2D eigenvalue weighted by Gasteiger charge is -2.13. The van der Waals surface area contributed by atoms with Crippen molar-refractivity contribution in [3.63, 3.8) is 0 Å². The lowest BCUT2D eigenvalue weighted by Crippen LogP contribution is -2.22. The van der Waals surface area contributed by atoms with Crippen LogP contribution in [0.15, 0.2) is 42.5 Å². The molecule has 1 amide bonds. The van der Waals surface area contributed by atoms with Gasteiger partial charge in [-0.3, -0.25) is 9.59 Å². The molecule has 0 aliphatic heterocycles. The van der Waals surface area contributed by atoms with Crippen molar-refractivity contribution in [1.29, 1.82) is 0 Å². The van der Waals surface area contributed by atoms with Gasteiger partial charge in [-0.15, -0.1) is 0 Å². The van der Waals surface area contributed by atoms with E-state index in [1.165, 1.54) is 12.1 Å². The topological polar surface area (TPSA) is 75.6 Å². The summed E-state index contributed by atoms with van der Waals surface area (Å²) >= 11 is 0. The Bertz CT molecular complexity index is 759. The predicted molar refractivity (Wildman–Crippen MR) is 92.2 cm³/mol. The Morgan fingerprint density at radius 2 is 1.88 bits per heavy atom. The van der Waals surface area contributed by atoms with Gasteiger partial charge in [0, 0.05) is 11.6 Å². The van der Waals surface area contributed by atoms with Crippen LogP contribution in [0.4, 0.5) is 10.1 Å². The molecule has 132 valence electrons. The smallest absolute Gasteiger partial charge is 0.307 e. The molecule has 6 heteroatoms. The molecule has 0 saturated carbocycles. The van der Waals surface area contributed by atoms with Crippen molar-refractivity contribution in [1.82, 2.24) is 0 Å². The van der Waals surface area contributed by atoms with E-state index in [4.69, 9.17) is 9.84 Å². The quantitative estimate of drug-likeness (QED) is 0.807. The summed E-state index contributed by atoms with van der Waals surface area (Å²) in [4.78, 5) is 22.9. The fraction of sp³-hybridized carbons (Fsp3) is 0.263. The van der Waals surface area contributed by atoms with Crippen LogP contribution in [0.1, 0.15) is 18.1 Å². The maximum Gasteiger partial charge on any atom is 0.307 e. The number of carboxylic acids is 1. The van der Waals surface area contributed by atoms with E-state index >= 15 is 0 Å². The Labute approximate surface area is 145 Å². The molecule has 0 radical (unpaired) electrons. The van der Waals surface area contributed by atoms with Gasteiger partial charge in [-0.2, -0.15) is 0 Å². The van der Waals surface area contributed by atoms with E-state index in [0.717, 1.165) is 17.4 Å². The van der Waals surface area contributed by atoms with Crippen LogP contribution in [0, 0.1) is 11.7 Å². The average molecular weight is 345 g/mol. The van der Waals surface area contributed by atoms with Crippen LogP contribution in [-0.4, -0.2) is 24.1 Å². The minimum Gasteiger partial charge on any atom is -0.497 e. The molecule has 0 aliphatic carbocycles. The zero-order chi connectivity index (χ0) is 18.4. The van der Waals surface area contributed by atoms with Gasteiger partial charge in [0.1, 0.15) is 11.6 Å². The number of nitrogens with one attached hydrogen (secondary N) is 1. The summed E-state index contributed by atoms with van der Waals surface area (Å²) in [6.07, 6.45) is 0.142. The third-order valence-electron chi connectivity index (χ3n) is 3.81. The van der Waals surface area contributed by atoms with Crippen molar-refractivity contribution in [3.05, 3.63) is 59.4 Å². The fourth-order valence-corrected chi connectivity index (χ4v) is 2.40. The molecule has 25 heavy (non-hydrogen) atoms. The van der Waals surface area contributed by atoms with Crippen molar-refractivity contribution >= 4 is 17.6 Å². The van der Waals surface area contributed by atoms with Gasteiger partial charge in [0.05, 0.1) is 13.5 Å². The van der Waals surface area contributed by atoms with E-state index in [2.05, 4.69) is 5.32 Å². The third kappa shape index (κ3) is 5.31. The molecule has 2 aromatic rings. The van der Waals surface area contributed by atoms with Gasteiger partial charge in [-0.25, -0.2) is 4.39 Å². The molecule has 2 aromatic carbocycles. The average Bonchev–Trinajstić information content (AvgIpc) is 2.57. The highest BCUT2D eigenvalue weighted by molar-refractivity contribution is 5.92. The highest BCUT2D eigenvalue weighted by Crippen LogP contribution is 2.18. The molecule has 0 aliphatic rings. The monoisotopic (exact) mass is 345 g/mol. The van der Waals surface area contributed by atoms with E-state index in [9.17, 15) is 14.0 Å². The van der Waals surface area contributed by atoms with Crippen LogP contribution >= 0.6 is 0 Å². The van der Waals surface area contributed by atoms with Crippen molar-refractivity contribution in [2.24, 2.45) is 5.92 Å². The second kappa shape index (κ2) is 8.28. The molecule has 0 saturated heterocycles. The fourth-order valence-electron chi connectivity index (χ4n) is 2.40. The molecule has 2 rings (SSSR count). The first-order valence-electron chi connectivity index (χ1n) is 7.83. The number of methoxy groups -OCH3 is 1. The Hall–Kier alpha value is -2.89. The molecule has 0 bridgehead atoms. The summed E-state index contributed by atoms with van der Waals surface area (Å²) in [5.74, 6) is -1.55. The standard InChI is InChI=1S/C19H20FNO4/c1-12(9-13-3-7-16(25-2)8-4-13)19(24)21-15-6-5-14(10-18(22)23)17(20)11-15/h3-8,11-12H,9-10H2,1-2H3,(H,21,24)(H,22,23). The second-order valence-corrected chi connectivity index (χ2v) is 5.82. The van der Waals surface area contributed by atoms with E-state index in [1.807, 2.05) is 24.3 Å². The number of halogens is 1. The lowest BCUT2D eigenvalue weighted by atomic mass is 10.00. The van der Waals surface area contributed by atoms with Crippen LogP contribution < -0.4 is 10.1 Å². The van der Waals surface area contributed by atoms with Crippen LogP contribution in [0.5, 0.6) is 5.75 Å². The Morgan fingerprint density at radius 3 is 2.44 bits per heavy atom. The lowest BCUT2D eigenvalue weighted by molar-refractivity contribution is -0.136. The highest BCUT2D eigenvalue weighted by atomic mass is 19.1. The van der Waals surface area contributed by atoms with Crippen LogP contribution in [-0.2, 0) is 22.4 Å². The minimum atomic E-state index is -1.11. The number of carbonyl (C=O) groups excluding carboxylic acids is 1. The number of rotatable bonds is 7. The van der Waals surface area contributed by atoms with E-state index in [0.29, 0.717) is 12.1 Å². The number of hydrogen-bond donors (Lipinski definition) is 2. The molecule has 1 atom stereocenters. The van der Waals surface area contributed by atoms with Gasteiger partial charge in [-0.1, -0.05) is 25.1 Å². The summed E-state index contributed by atoms with van der Waals surface area (Å²) < 4.78 is 18.9. The Balaban J connectivity index is 1.98. The number of hydrogen-bond acceptors (Lipinski definition) is 3. The van der Waals surface area contributed by atoms with Gasteiger partial charge in [0.15, 0.2) is 0 Å². The Morgan fingerprint density at radius 1 is 1.20 bits per heavy atom. The van der Waals surface area contributed by atoms with Crippen LogP contribution in [0.3, 0.4) is 0 Å². The van der Waals surface area contributed by atoms with Gasteiger partial charge >= 0.3 is 5.97 Å². The number of carboxylic acid groups (broad SMARTS) is 1. The Kier molecular flexibility index (Phi) is 6.11. The number of carbonyl (C=O) groups is 2. The molecule has 2 N–H and O–H groups in total. The zero-order valence-electron chi connectivity index (χ0n) is 14.1. The summed E-state index contributed by atoms with van der Waals surface area (Å²) in [5, 5.41) is 11.4. The zero-order valence-corrected chi connectivity index (χ0v) is 14.1. The highest BCUT2D eigenvalue weighted by Gasteiger charge is 2.15. The third-order valence-corrected chi connectivity index (χ3v) is 3.81. The number of benzene rings is 2. The van der Waals surface area contributed by atoms with Crippen molar-refractivity contribution in [3.8, 4) is 5.75 Å². The molecule has 0 spiro atoms. The first-order chi connectivity index (χ1) is 11.9. The van der Waals surface area contributed by atoms with Gasteiger partial charge < -0.3 is 15.2 Å². The van der Waals surface area contributed by atoms with Crippen LogP contribution in [0.25, 0.3) is 0 Å². The van der Waals surface area contributed by atoms with Crippen molar-refractivity contribution in [2.45, 2.75) is 19.8 Å². The molecule has 0 fully saturated rings. The molecular weight excluding hydrogens is 325 g/mol. The summed E-state index contributed by atoms with van der Waals surface area (Å²) in [6, 6.07) is 11.4. The van der Waals surface area contributed by atoms with E-state index < -0.39 is 18.2 Å². The number of anilines is 1. The summed E-state index contributed by atoms with van der Waals surface area (Å²) in [7, 11) is 1.59. The SMILES string of the molecule is COc1ccc(CC(C)C(=O)Nc2ccc(CC(=O)O)c(F)c2)cc1.